The Bertz CT molecular complexity index is 449. The second-order valence-corrected chi connectivity index (χ2v) is 5.87. The summed E-state index contributed by atoms with van der Waals surface area (Å²) in [5.74, 6) is 1.99. The lowest BCUT2D eigenvalue weighted by Crippen LogP contribution is -2.46. The Kier molecular flexibility index (Phi) is 9.62. The van der Waals surface area contributed by atoms with Crippen molar-refractivity contribution in [3.63, 3.8) is 0 Å². The summed E-state index contributed by atoms with van der Waals surface area (Å²) >= 11 is 0. The van der Waals surface area contributed by atoms with Gasteiger partial charge in [-0.3, -0.25) is 9.89 Å². The minimum absolute atomic E-state index is 0. The van der Waals surface area contributed by atoms with Crippen LogP contribution in [-0.4, -0.2) is 61.6 Å². The van der Waals surface area contributed by atoms with E-state index in [1.807, 2.05) is 12.1 Å². The quantitative estimate of drug-likeness (QED) is 0.407. The van der Waals surface area contributed by atoms with Gasteiger partial charge < -0.3 is 14.6 Å². The van der Waals surface area contributed by atoms with Crippen molar-refractivity contribution in [2.45, 2.75) is 39.2 Å². The van der Waals surface area contributed by atoms with Crippen LogP contribution < -0.4 is 5.32 Å². The zero-order valence-electron chi connectivity index (χ0n) is 14.6. The molecule has 0 saturated carbocycles. The molecule has 1 N–H and O–H groups in total. The van der Waals surface area contributed by atoms with Crippen LogP contribution in [0.5, 0.6) is 0 Å². The number of nitrogens with one attached hydrogen (secondary N) is 1. The summed E-state index contributed by atoms with van der Waals surface area (Å²) < 4.78 is 5.36. The van der Waals surface area contributed by atoms with Gasteiger partial charge in [0.25, 0.3) is 0 Å². The fraction of sp³-hybridized carbons (Fsp3) is 0.706. The third-order valence-corrected chi connectivity index (χ3v) is 4.29. The molecular formula is C17H31IN4O. The second kappa shape index (κ2) is 10.9. The van der Waals surface area contributed by atoms with Gasteiger partial charge in [0.15, 0.2) is 5.96 Å². The molecule has 1 aliphatic rings. The highest BCUT2D eigenvalue weighted by molar-refractivity contribution is 14.0. The molecule has 2 heterocycles. The number of hydrogen-bond donors (Lipinski definition) is 1. The van der Waals surface area contributed by atoms with Gasteiger partial charge >= 0.3 is 0 Å². The fourth-order valence-corrected chi connectivity index (χ4v) is 3.12. The van der Waals surface area contributed by atoms with E-state index in [2.05, 4.69) is 36.0 Å². The van der Waals surface area contributed by atoms with Crippen molar-refractivity contribution in [1.82, 2.24) is 15.1 Å². The zero-order valence-corrected chi connectivity index (χ0v) is 17.0. The van der Waals surface area contributed by atoms with Crippen LogP contribution in [0.2, 0.25) is 0 Å². The van der Waals surface area contributed by atoms with Gasteiger partial charge in [0.2, 0.25) is 0 Å². The maximum atomic E-state index is 5.36. The van der Waals surface area contributed by atoms with Crippen molar-refractivity contribution in [2.75, 3.05) is 39.8 Å². The van der Waals surface area contributed by atoms with Gasteiger partial charge in [-0.1, -0.05) is 6.92 Å². The van der Waals surface area contributed by atoms with Crippen molar-refractivity contribution in [2.24, 2.45) is 4.99 Å². The first-order chi connectivity index (χ1) is 10.7. The summed E-state index contributed by atoms with van der Waals surface area (Å²) in [4.78, 5) is 9.57. The van der Waals surface area contributed by atoms with Crippen molar-refractivity contribution < 1.29 is 4.42 Å². The first-order valence-corrected chi connectivity index (χ1v) is 8.50. The number of likely N-dealkylation sites (N-methyl/N-ethyl adjacent to an activating group) is 2. The van der Waals surface area contributed by atoms with E-state index in [1.54, 1.807) is 6.26 Å². The topological polar surface area (TPSA) is 44.0 Å². The van der Waals surface area contributed by atoms with Crippen molar-refractivity contribution in [3.05, 3.63) is 24.2 Å². The van der Waals surface area contributed by atoms with Gasteiger partial charge in [0.1, 0.15) is 5.76 Å². The van der Waals surface area contributed by atoms with E-state index in [9.17, 15) is 0 Å². The molecule has 6 heteroatoms. The minimum Gasteiger partial charge on any atom is -0.469 e. The molecule has 23 heavy (non-hydrogen) atoms. The van der Waals surface area contributed by atoms with Crippen LogP contribution in [0.4, 0.5) is 0 Å². The highest BCUT2D eigenvalue weighted by Crippen LogP contribution is 2.17. The SMILES string of the molecule is CCNC(=NCCc1ccco1)N(C)CC1CCCN1CC.I. The molecule has 1 fully saturated rings. The highest BCUT2D eigenvalue weighted by atomic mass is 127. The Balaban J connectivity index is 0.00000264. The number of nitrogens with zero attached hydrogens (tertiary/aromatic N) is 3. The Morgan fingerprint density at radius 1 is 1.48 bits per heavy atom. The lowest BCUT2D eigenvalue weighted by molar-refractivity contribution is 0.232. The molecule has 1 aromatic heterocycles. The third kappa shape index (κ3) is 6.33. The monoisotopic (exact) mass is 434 g/mol. The molecular weight excluding hydrogens is 403 g/mol. The first kappa shape index (κ1) is 20.3. The number of aliphatic imine (C=N–C) groups is 1. The van der Waals surface area contributed by atoms with Gasteiger partial charge in [-0.15, -0.1) is 24.0 Å². The van der Waals surface area contributed by atoms with Gasteiger partial charge in [0, 0.05) is 39.1 Å². The molecule has 1 aromatic rings. The number of hydrogen-bond acceptors (Lipinski definition) is 3. The molecule has 0 amide bonds. The summed E-state index contributed by atoms with van der Waals surface area (Å²) in [5.41, 5.74) is 0. The van der Waals surface area contributed by atoms with E-state index >= 15 is 0 Å². The maximum absolute atomic E-state index is 5.36. The molecule has 2 rings (SSSR count). The molecule has 1 unspecified atom stereocenters. The van der Waals surface area contributed by atoms with Crippen LogP contribution in [-0.2, 0) is 6.42 Å². The third-order valence-electron chi connectivity index (χ3n) is 4.29. The van der Waals surface area contributed by atoms with Crippen LogP contribution in [0.15, 0.2) is 27.8 Å². The van der Waals surface area contributed by atoms with Crippen molar-refractivity contribution in [1.29, 1.82) is 0 Å². The normalized spacial score (nSPS) is 18.7. The Hall–Kier alpha value is -0.760. The number of furan rings is 1. The molecule has 0 aromatic carbocycles. The van der Waals surface area contributed by atoms with E-state index in [1.165, 1.54) is 19.4 Å². The highest BCUT2D eigenvalue weighted by Gasteiger charge is 2.24. The Labute approximate surface area is 157 Å². The lowest BCUT2D eigenvalue weighted by atomic mass is 10.2. The van der Waals surface area contributed by atoms with Crippen molar-refractivity contribution in [3.8, 4) is 0 Å². The summed E-state index contributed by atoms with van der Waals surface area (Å²) in [6.07, 6.45) is 5.18. The van der Waals surface area contributed by atoms with Crippen LogP contribution in [0, 0.1) is 0 Å². The summed E-state index contributed by atoms with van der Waals surface area (Å²) in [5, 5.41) is 3.40. The van der Waals surface area contributed by atoms with Gasteiger partial charge in [0.05, 0.1) is 6.26 Å². The standard InChI is InChI=1S/C17H30N4O.HI/c1-4-18-17(19-11-10-16-9-7-13-22-16)20(3)14-15-8-6-12-21(15)5-2;/h7,9,13,15H,4-6,8,10-12,14H2,1-3H3,(H,18,19);1H. The number of rotatable bonds is 7. The van der Waals surface area contributed by atoms with E-state index in [-0.39, 0.29) is 24.0 Å². The molecule has 0 aliphatic carbocycles. The number of guanidine groups is 1. The molecule has 0 radical (unpaired) electrons. The van der Waals surface area contributed by atoms with E-state index in [0.29, 0.717) is 6.04 Å². The molecule has 1 aliphatic heterocycles. The van der Waals surface area contributed by atoms with Crippen LogP contribution in [0.3, 0.4) is 0 Å². The zero-order chi connectivity index (χ0) is 15.8. The molecule has 1 atom stereocenters. The number of likely N-dealkylation sites (tertiary alicyclic amines) is 1. The molecule has 0 bridgehead atoms. The van der Waals surface area contributed by atoms with E-state index < -0.39 is 0 Å². The largest absolute Gasteiger partial charge is 0.469 e. The van der Waals surface area contributed by atoms with E-state index in [0.717, 1.165) is 44.3 Å². The first-order valence-electron chi connectivity index (χ1n) is 8.50. The maximum Gasteiger partial charge on any atom is 0.193 e. The molecule has 5 nitrogen and oxygen atoms in total. The smallest absolute Gasteiger partial charge is 0.193 e. The molecule has 1 saturated heterocycles. The van der Waals surface area contributed by atoms with Crippen LogP contribution >= 0.6 is 24.0 Å². The van der Waals surface area contributed by atoms with Crippen LogP contribution in [0.1, 0.15) is 32.4 Å². The average molecular weight is 434 g/mol. The van der Waals surface area contributed by atoms with Gasteiger partial charge in [-0.05, 0) is 45.0 Å². The number of halogens is 1. The summed E-state index contributed by atoms with van der Waals surface area (Å²) in [6.45, 7) is 9.44. The predicted molar refractivity (Wildman–Crippen MR) is 107 cm³/mol. The van der Waals surface area contributed by atoms with Gasteiger partial charge in [-0.2, -0.15) is 0 Å². The van der Waals surface area contributed by atoms with Crippen molar-refractivity contribution >= 4 is 29.9 Å². The lowest BCUT2D eigenvalue weighted by Gasteiger charge is -2.29. The predicted octanol–water partition coefficient (Wildman–Crippen LogP) is 2.82. The second-order valence-electron chi connectivity index (χ2n) is 5.87. The minimum atomic E-state index is 0. The summed E-state index contributed by atoms with van der Waals surface area (Å²) in [7, 11) is 2.14. The molecule has 0 spiro atoms. The summed E-state index contributed by atoms with van der Waals surface area (Å²) in [6, 6.07) is 4.59. The fourth-order valence-electron chi connectivity index (χ4n) is 3.12. The van der Waals surface area contributed by atoms with E-state index in [4.69, 9.17) is 9.41 Å². The Morgan fingerprint density at radius 2 is 2.30 bits per heavy atom. The Morgan fingerprint density at radius 3 is 2.96 bits per heavy atom. The average Bonchev–Trinajstić information content (AvgIpc) is 3.17. The molecule has 132 valence electrons. The van der Waals surface area contributed by atoms with Crippen LogP contribution in [0.25, 0.3) is 0 Å². The van der Waals surface area contributed by atoms with Gasteiger partial charge in [-0.25, -0.2) is 0 Å².